The van der Waals surface area contributed by atoms with Gasteiger partial charge in [0.1, 0.15) is 4.90 Å². The summed E-state index contributed by atoms with van der Waals surface area (Å²) in [6.45, 7) is 0.254. The standard InChI is InChI=1S/C18H17Cl2F3N2O6S/c1-17(27,18(21,22)23)16(26)24-10-5-7-13(15(20)14(10)19)32(28,29)25-9-4-6-11(30-2)12(8-9)31-3/h4-8,25,27H,1-3H3,(H,24,26). The molecular weight excluding hydrogens is 500 g/mol. The van der Waals surface area contributed by atoms with Crippen molar-refractivity contribution < 1.29 is 41.0 Å². The molecule has 1 atom stereocenters. The lowest BCUT2D eigenvalue weighted by Crippen LogP contribution is -2.52. The highest BCUT2D eigenvalue weighted by molar-refractivity contribution is 7.92. The van der Waals surface area contributed by atoms with Gasteiger partial charge in [0, 0.05) is 6.07 Å². The van der Waals surface area contributed by atoms with Gasteiger partial charge in [-0.1, -0.05) is 23.2 Å². The molecule has 1 unspecified atom stereocenters. The normalized spacial score (nSPS) is 13.8. The summed E-state index contributed by atoms with van der Waals surface area (Å²) >= 11 is 12.0. The van der Waals surface area contributed by atoms with Gasteiger partial charge in [-0.15, -0.1) is 0 Å². The van der Waals surface area contributed by atoms with Crippen molar-refractivity contribution in [3.8, 4) is 11.5 Å². The Hall–Kier alpha value is -2.41. The van der Waals surface area contributed by atoms with E-state index >= 15 is 0 Å². The zero-order valence-electron chi connectivity index (χ0n) is 16.7. The first kappa shape index (κ1) is 25.8. The van der Waals surface area contributed by atoms with Crippen LogP contribution in [0.15, 0.2) is 35.2 Å². The number of benzene rings is 2. The molecule has 2 rings (SSSR count). The average Bonchev–Trinajstić information content (AvgIpc) is 2.69. The molecule has 0 aliphatic heterocycles. The van der Waals surface area contributed by atoms with Crippen LogP contribution >= 0.6 is 23.2 Å². The number of carbonyl (C=O) groups excluding carboxylic acids is 1. The number of alkyl halides is 3. The first-order chi connectivity index (χ1) is 14.7. The lowest BCUT2D eigenvalue weighted by Gasteiger charge is -2.25. The topological polar surface area (TPSA) is 114 Å². The van der Waals surface area contributed by atoms with Crippen LogP contribution in [0.1, 0.15) is 6.92 Å². The molecule has 32 heavy (non-hydrogen) atoms. The Bertz CT molecular complexity index is 1140. The summed E-state index contributed by atoms with van der Waals surface area (Å²) < 4.78 is 76.4. The largest absolute Gasteiger partial charge is 0.493 e. The summed E-state index contributed by atoms with van der Waals surface area (Å²) in [5.41, 5.74) is -4.06. The smallest absolute Gasteiger partial charge is 0.426 e. The van der Waals surface area contributed by atoms with Crippen LogP contribution in [-0.2, 0) is 14.8 Å². The molecule has 0 bridgehead atoms. The van der Waals surface area contributed by atoms with Gasteiger partial charge in [-0.05, 0) is 31.2 Å². The van der Waals surface area contributed by atoms with Crippen molar-refractivity contribution in [1.29, 1.82) is 0 Å². The average molecular weight is 517 g/mol. The molecular formula is C18H17Cl2F3N2O6S. The van der Waals surface area contributed by atoms with Gasteiger partial charge < -0.3 is 19.9 Å². The van der Waals surface area contributed by atoms with Crippen LogP contribution in [0.4, 0.5) is 24.5 Å². The minimum Gasteiger partial charge on any atom is -0.493 e. The van der Waals surface area contributed by atoms with Crippen molar-refractivity contribution in [1.82, 2.24) is 0 Å². The molecule has 0 aliphatic carbocycles. The van der Waals surface area contributed by atoms with Crippen LogP contribution < -0.4 is 19.5 Å². The van der Waals surface area contributed by atoms with Crippen LogP contribution in [0.3, 0.4) is 0 Å². The van der Waals surface area contributed by atoms with E-state index < -0.39 is 48.3 Å². The Labute approximate surface area is 191 Å². The van der Waals surface area contributed by atoms with E-state index in [1.54, 1.807) is 5.32 Å². The third kappa shape index (κ3) is 5.14. The zero-order valence-corrected chi connectivity index (χ0v) is 19.0. The highest BCUT2D eigenvalue weighted by atomic mass is 35.5. The third-order valence-electron chi connectivity index (χ3n) is 4.21. The molecule has 0 saturated heterocycles. The lowest BCUT2D eigenvalue weighted by molar-refractivity contribution is -0.242. The maximum Gasteiger partial charge on any atom is 0.426 e. The second-order valence-corrected chi connectivity index (χ2v) is 8.85. The molecule has 14 heteroatoms. The van der Waals surface area contributed by atoms with Crippen LogP contribution in [0, 0.1) is 0 Å². The van der Waals surface area contributed by atoms with Gasteiger partial charge in [-0.25, -0.2) is 8.42 Å². The van der Waals surface area contributed by atoms with E-state index in [0.717, 1.165) is 12.1 Å². The number of carbonyl (C=O) groups is 1. The molecule has 0 aromatic heterocycles. The number of methoxy groups -OCH3 is 2. The zero-order chi connectivity index (χ0) is 24.5. The molecule has 0 radical (unpaired) electrons. The number of aliphatic hydroxyl groups is 1. The SMILES string of the molecule is COc1ccc(NS(=O)(=O)c2ccc(NC(=O)C(C)(O)C(F)(F)F)c(Cl)c2Cl)cc1OC. The molecule has 0 aliphatic rings. The molecule has 0 fully saturated rings. The Morgan fingerprint density at radius 3 is 2.16 bits per heavy atom. The number of sulfonamides is 1. The monoisotopic (exact) mass is 516 g/mol. The van der Waals surface area contributed by atoms with Crippen molar-refractivity contribution in [2.24, 2.45) is 0 Å². The summed E-state index contributed by atoms with van der Waals surface area (Å²) in [4.78, 5) is 11.3. The van der Waals surface area contributed by atoms with Gasteiger partial charge in [0.2, 0.25) is 5.60 Å². The Morgan fingerprint density at radius 1 is 1.03 bits per heavy atom. The van der Waals surface area contributed by atoms with Gasteiger partial charge >= 0.3 is 6.18 Å². The summed E-state index contributed by atoms with van der Waals surface area (Å²) in [5, 5.41) is 10.1. The van der Waals surface area contributed by atoms with Crippen molar-refractivity contribution in [2.75, 3.05) is 24.3 Å². The number of halogens is 5. The summed E-state index contributed by atoms with van der Waals surface area (Å²) in [7, 11) is -1.56. The molecule has 3 N–H and O–H groups in total. The predicted octanol–water partition coefficient (Wildman–Crippen LogP) is 4.06. The summed E-state index contributed by atoms with van der Waals surface area (Å²) in [6, 6.07) is 6.05. The van der Waals surface area contributed by atoms with Crippen LogP contribution in [0.25, 0.3) is 0 Å². The number of amides is 1. The van der Waals surface area contributed by atoms with Crippen LogP contribution in [0.5, 0.6) is 11.5 Å². The first-order valence-electron chi connectivity index (χ1n) is 8.49. The molecule has 8 nitrogen and oxygen atoms in total. The highest BCUT2D eigenvalue weighted by Gasteiger charge is 2.55. The van der Waals surface area contributed by atoms with Gasteiger partial charge in [0.05, 0.1) is 35.6 Å². The van der Waals surface area contributed by atoms with Crippen molar-refractivity contribution in [2.45, 2.75) is 23.6 Å². The Kier molecular flexibility index (Phi) is 7.45. The van der Waals surface area contributed by atoms with E-state index in [1.165, 1.54) is 32.4 Å². The number of anilines is 2. The van der Waals surface area contributed by atoms with Gasteiger partial charge in [0.15, 0.2) is 11.5 Å². The van der Waals surface area contributed by atoms with Crippen LogP contribution in [0.2, 0.25) is 10.0 Å². The number of rotatable bonds is 7. The number of hydrogen-bond acceptors (Lipinski definition) is 6. The van der Waals surface area contributed by atoms with Crippen molar-refractivity contribution >= 4 is 50.5 Å². The number of hydrogen-bond donors (Lipinski definition) is 3. The highest BCUT2D eigenvalue weighted by Crippen LogP contribution is 2.38. The van der Waals surface area contributed by atoms with Crippen molar-refractivity contribution in [3.05, 3.63) is 40.4 Å². The summed E-state index contributed by atoms with van der Waals surface area (Å²) in [5.74, 6) is -1.24. The summed E-state index contributed by atoms with van der Waals surface area (Å²) in [6.07, 6.45) is -5.26. The predicted molar refractivity (Wildman–Crippen MR) is 112 cm³/mol. The minimum absolute atomic E-state index is 0.0912. The molecule has 2 aromatic rings. The van der Waals surface area contributed by atoms with E-state index in [0.29, 0.717) is 5.75 Å². The maximum atomic E-state index is 12.8. The lowest BCUT2D eigenvalue weighted by atomic mass is 10.1. The number of ether oxygens (including phenoxy) is 2. The minimum atomic E-state index is -5.26. The molecule has 0 heterocycles. The Morgan fingerprint density at radius 2 is 1.62 bits per heavy atom. The first-order valence-corrected chi connectivity index (χ1v) is 10.7. The van der Waals surface area contributed by atoms with E-state index in [-0.39, 0.29) is 18.4 Å². The number of nitrogens with one attached hydrogen (secondary N) is 2. The molecule has 0 spiro atoms. The Balaban J connectivity index is 2.36. The maximum absolute atomic E-state index is 12.8. The van der Waals surface area contributed by atoms with Crippen LogP contribution in [-0.4, -0.2) is 45.4 Å². The molecule has 0 saturated carbocycles. The van der Waals surface area contributed by atoms with E-state index in [4.69, 9.17) is 32.7 Å². The fourth-order valence-electron chi connectivity index (χ4n) is 2.32. The van der Waals surface area contributed by atoms with Gasteiger partial charge in [0.25, 0.3) is 15.9 Å². The molecule has 2 aromatic carbocycles. The van der Waals surface area contributed by atoms with Crippen molar-refractivity contribution in [3.63, 3.8) is 0 Å². The molecule has 1 amide bonds. The van der Waals surface area contributed by atoms with E-state index in [9.17, 15) is 31.5 Å². The molecule has 176 valence electrons. The van der Waals surface area contributed by atoms with E-state index in [2.05, 4.69) is 4.72 Å². The van der Waals surface area contributed by atoms with Gasteiger partial charge in [-0.3, -0.25) is 9.52 Å². The third-order valence-corrected chi connectivity index (χ3v) is 6.63. The quantitative estimate of drug-likeness (QED) is 0.511. The fraction of sp³-hybridized carbons (Fsp3) is 0.278. The van der Waals surface area contributed by atoms with E-state index in [1.807, 2.05) is 0 Å². The second-order valence-electron chi connectivity index (χ2n) is 6.44. The second kappa shape index (κ2) is 9.22. The van der Waals surface area contributed by atoms with Gasteiger partial charge in [-0.2, -0.15) is 13.2 Å². The fourth-order valence-corrected chi connectivity index (χ4v) is 4.19.